The van der Waals surface area contributed by atoms with Gasteiger partial charge >= 0.3 is 0 Å². The normalized spacial score (nSPS) is 20.5. The van der Waals surface area contributed by atoms with Gasteiger partial charge in [0.2, 0.25) is 0 Å². The summed E-state index contributed by atoms with van der Waals surface area (Å²) in [6.45, 7) is 4.04. The first kappa shape index (κ1) is 17.1. The maximum absolute atomic E-state index is 4.79. The Hall–Kier alpha value is -2.31. The molecule has 26 heavy (non-hydrogen) atoms. The van der Waals surface area contributed by atoms with Crippen LogP contribution in [0.2, 0.25) is 0 Å². The summed E-state index contributed by atoms with van der Waals surface area (Å²) in [6, 6.07) is 0. The lowest BCUT2D eigenvalue weighted by molar-refractivity contribution is 0.486. The Morgan fingerprint density at radius 3 is 3.00 bits per heavy atom. The maximum Gasteiger partial charge on any atom is 0.193 e. The van der Waals surface area contributed by atoms with Crippen molar-refractivity contribution in [3.05, 3.63) is 35.7 Å². The zero-order valence-corrected chi connectivity index (χ0v) is 15.9. The summed E-state index contributed by atoms with van der Waals surface area (Å²) in [6.07, 6.45) is 12.1. The van der Waals surface area contributed by atoms with E-state index in [0.717, 1.165) is 51.4 Å². The van der Waals surface area contributed by atoms with Crippen LogP contribution in [-0.4, -0.2) is 56.9 Å². The number of imidazole rings is 1. The number of aryl methyl sites for hydroxylation is 3. The van der Waals surface area contributed by atoms with E-state index in [1.165, 1.54) is 29.9 Å². The number of nitrogens with one attached hydrogen (secondary N) is 1. The molecule has 2 aliphatic rings. The van der Waals surface area contributed by atoms with Gasteiger partial charge in [-0.25, -0.2) is 4.98 Å². The molecule has 1 saturated heterocycles. The summed E-state index contributed by atoms with van der Waals surface area (Å²) < 4.78 is 4.21. The zero-order valence-electron chi connectivity index (χ0n) is 15.9. The van der Waals surface area contributed by atoms with Crippen molar-refractivity contribution >= 4 is 5.96 Å². The van der Waals surface area contributed by atoms with Gasteiger partial charge in [0.25, 0.3) is 0 Å². The predicted octanol–water partition coefficient (Wildman–Crippen LogP) is 1.56. The van der Waals surface area contributed by atoms with Gasteiger partial charge in [-0.05, 0) is 24.8 Å². The fourth-order valence-electron chi connectivity index (χ4n) is 4.10. The third kappa shape index (κ3) is 3.61. The molecule has 7 nitrogen and oxygen atoms in total. The lowest BCUT2D eigenvalue weighted by Gasteiger charge is -2.21. The molecule has 2 aliphatic heterocycles. The van der Waals surface area contributed by atoms with Gasteiger partial charge in [0.05, 0.1) is 11.9 Å². The predicted molar refractivity (Wildman–Crippen MR) is 102 cm³/mol. The molecule has 0 saturated carbocycles. The first-order valence-electron chi connectivity index (χ1n) is 9.72. The van der Waals surface area contributed by atoms with Gasteiger partial charge in [0, 0.05) is 71.4 Å². The molecular formula is C19H29N7. The zero-order chi connectivity index (χ0) is 17.9. The minimum absolute atomic E-state index is 0.544. The van der Waals surface area contributed by atoms with Gasteiger partial charge in [-0.3, -0.25) is 9.67 Å². The van der Waals surface area contributed by atoms with Gasteiger partial charge in [-0.15, -0.1) is 0 Å². The van der Waals surface area contributed by atoms with Gasteiger partial charge in [-0.2, -0.15) is 5.10 Å². The molecule has 1 fully saturated rings. The average molecular weight is 355 g/mol. The minimum Gasteiger partial charge on any atom is -0.356 e. The first-order chi connectivity index (χ1) is 12.7. The highest BCUT2D eigenvalue weighted by molar-refractivity contribution is 5.80. The number of hydrogen-bond donors (Lipinski definition) is 1. The van der Waals surface area contributed by atoms with Crippen LogP contribution in [0.5, 0.6) is 0 Å². The number of fused-ring (bicyclic) bond motifs is 1. The topological polar surface area (TPSA) is 63.3 Å². The number of aliphatic imine (C=N–C) groups is 1. The number of likely N-dealkylation sites (tertiary alicyclic amines) is 1. The summed E-state index contributed by atoms with van der Waals surface area (Å²) >= 11 is 0. The molecule has 4 heterocycles. The summed E-state index contributed by atoms with van der Waals surface area (Å²) in [5.74, 6) is 2.80. The molecule has 0 radical (unpaired) electrons. The van der Waals surface area contributed by atoms with E-state index in [2.05, 4.69) is 37.3 Å². The molecule has 1 N–H and O–H groups in total. The van der Waals surface area contributed by atoms with Crippen LogP contribution in [0, 0.1) is 0 Å². The summed E-state index contributed by atoms with van der Waals surface area (Å²) in [4.78, 5) is 11.6. The second kappa shape index (κ2) is 7.51. The molecule has 2 aromatic rings. The smallest absolute Gasteiger partial charge is 0.193 e. The molecule has 0 amide bonds. The van der Waals surface area contributed by atoms with Crippen LogP contribution in [0.15, 0.2) is 23.6 Å². The van der Waals surface area contributed by atoms with E-state index in [0.29, 0.717) is 5.92 Å². The lowest BCUT2D eigenvalue weighted by Crippen LogP contribution is -2.40. The second-order valence-electron chi connectivity index (χ2n) is 7.40. The Morgan fingerprint density at radius 1 is 1.31 bits per heavy atom. The first-order valence-corrected chi connectivity index (χ1v) is 9.72. The largest absolute Gasteiger partial charge is 0.356 e. The Kier molecular flexibility index (Phi) is 4.95. The van der Waals surface area contributed by atoms with Crippen molar-refractivity contribution in [1.29, 1.82) is 0 Å². The van der Waals surface area contributed by atoms with Crippen LogP contribution in [0.4, 0.5) is 0 Å². The Morgan fingerprint density at radius 2 is 2.23 bits per heavy atom. The maximum atomic E-state index is 4.79. The lowest BCUT2D eigenvalue weighted by atomic mass is 10.0. The van der Waals surface area contributed by atoms with Crippen LogP contribution in [0.3, 0.4) is 0 Å². The standard InChI is InChI=1S/C19H29N7/c1-20-19(26-10-7-15(13-26)16-11-22-24(2)12-16)21-8-6-17-14-25-9-4-3-5-18(25)23-17/h11-12,14-15H,3-10,13H2,1-2H3,(H,20,21). The Balaban J connectivity index is 1.29. The van der Waals surface area contributed by atoms with Crippen LogP contribution in [0.25, 0.3) is 0 Å². The van der Waals surface area contributed by atoms with Crippen LogP contribution < -0.4 is 5.32 Å². The van der Waals surface area contributed by atoms with Crippen molar-refractivity contribution in [2.24, 2.45) is 12.0 Å². The molecule has 2 aromatic heterocycles. The third-order valence-corrected chi connectivity index (χ3v) is 5.52. The van der Waals surface area contributed by atoms with E-state index in [1.54, 1.807) is 0 Å². The van der Waals surface area contributed by atoms with E-state index in [9.17, 15) is 0 Å². The highest BCUT2D eigenvalue weighted by atomic mass is 15.3. The van der Waals surface area contributed by atoms with Crippen molar-refractivity contribution in [2.45, 2.75) is 44.6 Å². The third-order valence-electron chi connectivity index (χ3n) is 5.52. The number of nitrogens with zero attached hydrogens (tertiary/aromatic N) is 6. The highest BCUT2D eigenvalue weighted by Crippen LogP contribution is 2.26. The van der Waals surface area contributed by atoms with E-state index in [1.807, 2.05) is 25.0 Å². The van der Waals surface area contributed by atoms with Crippen LogP contribution >= 0.6 is 0 Å². The summed E-state index contributed by atoms with van der Waals surface area (Å²) in [5, 5.41) is 7.83. The molecular weight excluding hydrogens is 326 g/mol. The molecule has 1 atom stereocenters. The van der Waals surface area contributed by atoms with Gasteiger partial charge in [-0.1, -0.05) is 0 Å². The van der Waals surface area contributed by atoms with Gasteiger partial charge < -0.3 is 14.8 Å². The van der Waals surface area contributed by atoms with E-state index >= 15 is 0 Å². The van der Waals surface area contributed by atoms with Gasteiger partial charge in [0.1, 0.15) is 5.82 Å². The van der Waals surface area contributed by atoms with Crippen LogP contribution in [0.1, 0.15) is 42.3 Å². The molecule has 0 aliphatic carbocycles. The van der Waals surface area contributed by atoms with E-state index in [-0.39, 0.29) is 0 Å². The fourth-order valence-corrected chi connectivity index (χ4v) is 4.10. The average Bonchev–Trinajstić information content (AvgIpc) is 3.37. The van der Waals surface area contributed by atoms with Crippen molar-refractivity contribution in [2.75, 3.05) is 26.7 Å². The number of guanidine groups is 1. The van der Waals surface area contributed by atoms with Crippen molar-refractivity contribution in [3.8, 4) is 0 Å². The van der Waals surface area contributed by atoms with Crippen LogP contribution in [-0.2, 0) is 26.4 Å². The molecule has 1 unspecified atom stereocenters. The van der Waals surface area contributed by atoms with Crippen molar-refractivity contribution < 1.29 is 0 Å². The van der Waals surface area contributed by atoms with Crippen molar-refractivity contribution in [3.63, 3.8) is 0 Å². The molecule has 0 bridgehead atoms. The molecule has 140 valence electrons. The molecule has 4 rings (SSSR count). The summed E-state index contributed by atoms with van der Waals surface area (Å²) in [7, 11) is 3.85. The minimum atomic E-state index is 0.544. The number of aromatic nitrogens is 4. The molecule has 0 aromatic carbocycles. The van der Waals surface area contributed by atoms with Crippen molar-refractivity contribution in [1.82, 2.24) is 29.5 Å². The summed E-state index contributed by atoms with van der Waals surface area (Å²) in [5.41, 5.74) is 2.52. The SMILES string of the molecule is CN=C(NCCc1cn2c(n1)CCCC2)N1CCC(c2cnn(C)c2)C1. The number of hydrogen-bond acceptors (Lipinski definition) is 3. The monoisotopic (exact) mass is 355 g/mol. The highest BCUT2D eigenvalue weighted by Gasteiger charge is 2.26. The Labute approximate surface area is 155 Å². The second-order valence-corrected chi connectivity index (χ2v) is 7.40. The van der Waals surface area contributed by atoms with Gasteiger partial charge in [0.15, 0.2) is 5.96 Å². The number of rotatable bonds is 4. The van der Waals surface area contributed by atoms with E-state index < -0.39 is 0 Å². The Bertz CT molecular complexity index is 749. The van der Waals surface area contributed by atoms with E-state index in [4.69, 9.17) is 4.98 Å². The fraction of sp³-hybridized carbons (Fsp3) is 0.632. The quantitative estimate of drug-likeness (QED) is 0.668. The molecule has 0 spiro atoms. The molecule has 7 heteroatoms.